The Bertz CT molecular complexity index is 982. The van der Waals surface area contributed by atoms with Crippen molar-refractivity contribution >= 4 is 23.4 Å². The van der Waals surface area contributed by atoms with E-state index < -0.39 is 0 Å². The standard InChI is InChI=1S/C20H20N4O2S/c1-13-3-7-15(8-4-13)11-17-19(26)22-20(24-23-17)27-12-18(25)21-16-9-5-14(2)6-10-16/h3-10H,11-12H2,1-2H3,(H,21,25)(H,22,24,26). The van der Waals surface area contributed by atoms with Crippen molar-refractivity contribution in [2.45, 2.75) is 25.4 Å². The van der Waals surface area contributed by atoms with Gasteiger partial charge in [-0.1, -0.05) is 59.3 Å². The highest BCUT2D eigenvalue weighted by Crippen LogP contribution is 2.13. The molecule has 138 valence electrons. The van der Waals surface area contributed by atoms with Gasteiger partial charge in [0.2, 0.25) is 5.91 Å². The maximum atomic E-state index is 12.2. The minimum absolute atomic E-state index is 0.135. The summed E-state index contributed by atoms with van der Waals surface area (Å²) in [4.78, 5) is 26.9. The van der Waals surface area contributed by atoms with E-state index in [0.29, 0.717) is 17.3 Å². The zero-order valence-electron chi connectivity index (χ0n) is 15.2. The highest BCUT2D eigenvalue weighted by Gasteiger charge is 2.09. The monoisotopic (exact) mass is 380 g/mol. The highest BCUT2D eigenvalue weighted by atomic mass is 32.2. The van der Waals surface area contributed by atoms with Crippen molar-refractivity contribution in [2.75, 3.05) is 11.1 Å². The molecular formula is C20H20N4O2S. The fraction of sp³-hybridized carbons (Fsp3) is 0.200. The van der Waals surface area contributed by atoms with Crippen LogP contribution in [0.25, 0.3) is 0 Å². The summed E-state index contributed by atoms with van der Waals surface area (Å²) in [6.45, 7) is 4.00. The molecule has 2 N–H and O–H groups in total. The van der Waals surface area contributed by atoms with Gasteiger partial charge in [-0.25, -0.2) is 0 Å². The maximum Gasteiger partial charge on any atom is 0.273 e. The van der Waals surface area contributed by atoms with E-state index in [9.17, 15) is 9.59 Å². The molecule has 3 aromatic rings. The SMILES string of the molecule is Cc1ccc(Cc2nnc(SCC(=O)Nc3ccc(C)cc3)[nH]c2=O)cc1. The second-order valence-corrected chi connectivity index (χ2v) is 7.24. The zero-order valence-corrected chi connectivity index (χ0v) is 16.0. The molecule has 0 aliphatic heterocycles. The van der Waals surface area contributed by atoms with Crippen LogP contribution in [0.1, 0.15) is 22.4 Å². The summed E-state index contributed by atoms with van der Waals surface area (Å²) in [6.07, 6.45) is 0.418. The van der Waals surface area contributed by atoms with E-state index in [-0.39, 0.29) is 17.2 Å². The van der Waals surface area contributed by atoms with Crippen LogP contribution in [0, 0.1) is 13.8 Å². The van der Waals surface area contributed by atoms with Gasteiger partial charge in [0, 0.05) is 12.1 Å². The van der Waals surface area contributed by atoms with E-state index >= 15 is 0 Å². The average Bonchev–Trinajstić information content (AvgIpc) is 2.66. The van der Waals surface area contributed by atoms with Crippen molar-refractivity contribution in [3.63, 3.8) is 0 Å². The second kappa shape index (κ2) is 8.64. The van der Waals surface area contributed by atoms with Gasteiger partial charge in [-0.15, -0.1) is 10.2 Å². The summed E-state index contributed by atoms with van der Waals surface area (Å²) in [7, 11) is 0. The van der Waals surface area contributed by atoms with Crippen molar-refractivity contribution in [1.29, 1.82) is 0 Å². The topological polar surface area (TPSA) is 87.7 Å². The van der Waals surface area contributed by atoms with E-state index in [2.05, 4.69) is 20.5 Å². The van der Waals surface area contributed by atoms with Gasteiger partial charge in [0.1, 0.15) is 5.69 Å². The molecule has 6 nitrogen and oxygen atoms in total. The van der Waals surface area contributed by atoms with Crippen molar-refractivity contribution in [2.24, 2.45) is 0 Å². The molecule has 0 radical (unpaired) electrons. The van der Waals surface area contributed by atoms with E-state index in [4.69, 9.17) is 0 Å². The molecule has 7 heteroatoms. The third-order valence-electron chi connectivity index (χ3n) is 3.91. The van der Waals surface area contributed by atoms with E-state index in [1.54, 1.807) is 0 Å². The highest BCUT2D eigenvalue weighted by molar-refractivity contribution is 7.99. The molecule has 0 fully saturated rings. The molecule has 1 aromatic heterocycles. The van der Waals surface area contributed by atoms with Gasteiger partial charge in [0.25, 0.3) is 5.56 Å². The Kier molecular flexibility index (Phi) is 6.03. The van der Waals surface area contributed by atoms with Crippen LogP contribution in [0.3, 0.4) is 0 Å². The second-order valence-electron chi connectivity index (χ2n) is 6.27. The number of benzene rings is 2. The van der Waals surface area contributed by atoms with Gasteiger partial charge >= 0.3 is 0 Å². The molecule has 0 unspecified atom stereocenters. The lowest BCUT2D eigenvalue weighted by Crippen LogP contribution is -2.19. The molecule has 0 spiro atoms. The molecule has 0 saturated heterocycles. The Morgan fingerprint density at radius 3 is 2.26 bits per heavy atom. The number of nitrogens with one attached hydrogen (secondary N) is 2. The number of nitrogens with zero attached hydrogens (tertiary/aromatic N) is 2. The molecule has 0 aliphatic carbocycles. The lowest BCUT2D eigenvalue weighted by Gasteiger charge is -2.05. The van der Waals surface area contributed by atoms with E-state index in [0.717, 1.165) is 34.1 Å². The third kappa shape index (κ3) is 5.52. The number of amides is 1. The number of aromatic nitrogens is 3. The Labute approximate surface area is 161 Å². The third-order valence-corrected chi connectivity index (χ3v) is 4.78. The van der Waals surface area contributed by atoms with Gasteiger partial charge in [0.15, 0.2) is 5.16 Å². The first-order chi connectivity index (χ1) is 13.0. The summed E-state index contributed by atoms with van der Waals surface area (Å²) in [6, 6.07) is 15.5. The van der Waals surface area contributed by atoms with Gasteiger partial charge in [-0.05, 0) is 31.5 Å². The minimum atomic E-state index is -0.285. The largest absolute Gasteiger partial charge is 0.325 e. The summed E-state index contributed by atoms with van der Waals surface area (Å²) >= 11 is 1.14. The predicted octanol–water partition coefficient (Wildman–Crippen LogP) is 3.10. The summed E-state index contributed by atoms with van der Waals surface area (Å²) in [5, 5.41) is 11.2. The van der Waals surface area contributed by atoms with Crippen LogP contribution in [0.5, 0.6) is 0 Å². The van der Waals surface area contributed by atoms with Crippen molar-refractivity contribution in [3.8, 4) is 0 Å². The number of H-pyrrole nitrogens is 1. The number of carbonyl (C=O) groups excluding carboxylic acids is 1. The average molecular weight is 380 g/mol. The summed E-state index contributed by atoms with van der Waals surface area (Å²) in [5.41, 5.74) is 4.09. The molecule has 0 saturated carbocycles. The summed E-state index contributed by atoms with van der Waals surface area (Å²) < 4.78 is 0. The quantitative estimate of drug-likeness (QED) is 0.642. The number of aryl methyl sites for hydroxylation is 2. The minimum Gasteiger partial charge on any atom is -0.325 e. The molecule has 27 heavy (non-hydrogen) atoms. The Hall–Kier alpha value is -2.93. The van der Waals surface area contributed by atoms with Crippen LogP contribution in [0.15, 0.2) is 58.5 Å². The van der Waals surface area contributed by atoms with Crippen molar-refractivity contribution in [1.82, 2.24) is 15.2 Å². The number of aromatic amines is 1. The summed E-state index contributed by atoms with van der Waals surface area (Å²) in [5.74, 6) is -0.0364. The Balaban J connectivity index is 1.57. The molecule has 0 bridgehead atoms. The fourth-order valence-corrected chi connectivity index (χ4v) is 3.00. The molecular weight excluding hydrogens is 360 g/mol. The molecule has 2 aromatic carbocycles. The Morgan fingerprint density at radius 1 is 1.00 bits per heavy atom. The van der Waals surface area contributed by atoms with E-state index in [1.165, 1.54) is 0 Å². The van der Waals surface area contributed by atoms with Crippen LogP contribution in [0.4, 0.5) is 5.69 Å². The Morgan fingerprint density at radius 2 is 1.63 bits per heavy atom. The smallest absolute Gasteiger partial charge is 0.273 e. The van der Waals surface area contributed by atoms with Gasteiger partial charge in [-0.2, -0.15) is 0 Å². The first kappa shape index (κ1) is 18.8. The molecule has 1 amide bonds. The number of anilines is 1. The van der Waals surface area contributed by atoms with Crippen molar-refractivity contribution < 1.29 is 4.79 Å². The first-order valence-corrected chi connectivity index (χ1v) is 9.49. The number of thioether (sulfide) groups is 1. The zero-order chi connectivity index (χ0) is 19.2. The fourth-order valence-electron chi connectivity index (χ4n) is 2.39. The molecule has 0 atom stereocenters. The normalized spacial score (nSPS) is 10.6. The number of rotatable bonds is 6. The van der Waals surface area contributed by atoms with Gasteiger partial charge in [0.05, 0.1) is 5.75 Å². The molecule has 3 rings (SSSR count). The van der Waals surface area contributed by atoms with Gasteiger partial charge < -0.3 is 5.32 Å². The number of hydrogen-bond donors (Lipinski definition) is 2. The number of hydrogen-bond acceptors (Lipinski definition) is 5. The maximum absolute atomic E-state index is 12.2. The molecule has 0 aliphatic rings. The van der Waals surface area contributed by atoms with Crippen molar-refractivity contribution in [3.05, 3.63) is 81.3 Å². The lowest BCUT2D eigenvalue weighted by molar-refractivity contribution is -0.113. The van der Waals surface area contributed by atoms with Crippen LogP contribution in [0.2, 0.25) is 0 Å². The van der Waals surface area contributed by atoms with Crippen LogP contribution < -0.4 is 10.9 Å². The van der Waals surface area contributed by atoms with Crippen LogP contribution in [-0.4, -0.2) is 26.8 Å². The van der Waals surface area contributed by atoms with Gasteiger partial charge in [-0.3, -0.25) is 14.6 Å². The molecule has 1 heterocycles. The number of carbonyl (C=O) groups is 1. The first-order valence-electron chi connectivity index (χ1n) is 8.50. The predicted molar refractivity (Wildman–Crippen MR) is 107 cm³/mol. The lowest BCUT2D eigenvalue weighted by atomic mass is 10.1. The van der Waals surface area contributed by atoms with Crippen LogP contribution in [-0.2, 0) is 11.2 Å². The van der Waals surface area contributed by atoms with E-state index in [1.807, 2.05) is 62.4 Å². The van der Waals surface area contributed by atoms with Crippen LogP contribution >= 0.6 is 11.8 Å².